The summed E-state index contributed by atoms with van der Waals surface area (Å²) in [7, 11) is 4.00. The van der Waals surface area contributed by atoms with E-state index in [1.54, 1.807) is 18.2 Å². The highest BCUT2D eigenvalue weighted by Crippen LogP contribution is 2.17. The summed E-state index contributed by atoms with van der Waals surface area (Å²) >= 11 is 6.10. The molecule has 1 amide bonds. The predicted octanol–water partition coefficient (Wildman–Crippen LogP) is 1.76. The SMILES string of the molecule is CN(C)CCCNC(=O)c1ccc(C#CCCO)c(Cl)c1. The molecule has 5 heteroatoms. The maximum absolute atomic E-state index is 12.0. The Morgan fingerprint density at radius 2 is 2.19 bits per heavy atom. The van der Waals surface area contributed by atoms with Crippen molar-refractivity contribution < 1.29 is 9.90 Å². The van der Waals surface area contributed by atoms with E-state index in [-0.39, 0.29) is 12.5 Å². The maximum atomic E-state index is 12.0. The van der Waals surface area contributed by atoms with Crippen LogP contribution in [0.25, 0.3) is 0 Å². The number of rotatable bonds is 6. The van der Waals surface area contributed by atoms with Crippen molar-refractivity contribution in [3.8, 4) is 11.8 Å². The minimum absolute atomic E-state index is 0.0259. The summed E-state index contributed by atoms with van der Waals surface area (Å²) in [6.07, 6.45) is 1.31. The van der Waals surface area contributed by atoms with E-state index in [0.29, 0.717) is 29.1 Å². The van der Waals surface area contributed by atoms with Crippen molar-refractivity contribution in [1.82, 2.24) is 10.2 Å². The molecular weight excluding hydrogens is 288 g/mol. The zero-order valence-corrected chi connectivity index (χ0v) is 13.2. The Labute approximate surface area is 131 Å². The molecule has 4 nitrogen and oxygen atoms in total. The molecular formula is C16H21ClN2O2. The number of aliphatic hydroxyl groups is 1. The highest BCUT2D eigenvalue weighted by molar-refractivity contribution is 6.32. The third-order valence-corrected chi connectivity index (χ3v) is 3.07. The smallest absolute Gasteiger partial charge is 0.251 e. The summed E-state index contributed by atoms with van der Waals surface area (Å²) in [6, 6.07) is 5.04. The molecule has 0 aliphatic rings. The number of amides is 1. The van der Waals surface area contributed by atoms with E-state index in [2.05, 4.69) is 22.1 Å². The van der Waals surface area contributed by atoms with Crippen LogP contribution in [0.2, 0.25) is 5.02 Å². The molecule has 2 N–H and O–H groups in total. The molecule has 0 saturated heterocycles. The fraction of sp³-hybridized carbons (Fsp3) is 0.438. The minimum Gasteiger partial charge on any atom is -0.395 e. The number of hydrogen-bond acceptors (Lipinski definition) is 3. The van der Waals surface area contributed by atoms with Gasteiger partial charge in [-0.15, -0.1) is 0 Å². The summed E-state index contributed by atoms with van der Waals surface area (Å²) in [5, 5.41) is 12.0. The summed E-state index contributed by atoms with van der Waals surface area (Å²) in [6.45, 7) is 1.59. The Bertz CT molecular complexity index is 533. The largest absolute Gasteiger partial charge is 0.395 e. The van der Waals surface area contributed by atoms with Gasteiger partial charge in [-0.2, -0.15) is 0 Å². The molecule has 0 aliphatic carbocycles. The molecule has 0 aromatic heterocycles. The molecule has 1 aromatic carbocycles. The first-order chi connectivity index (χ1) is 10.0. The van der Waals surface area contributed by atoms with E-state index in [4.69, 9.17) is 16.7 Å². The van der Waals surface area contributed by atoms with E-state index in [1.165, 1.54) is 0 Å². The standard InChI is InChI=1S/C16H21ClN2O2/c1-19(2)10-5-9-18-16(21)14-8-7-13(15(17)12-14)6-3-4-11-20/h7-8,12,20H,4-5,9-11H2,1-2H3,(H,18,21). The van der Waals surface area contributed by atoms with Crippen LogP contribution in [0.4, 0.5) is 0 Å². The lowest BCUT2D eigenvalue weighted by molar-refractivity contribution is 0.0952. The van der Waals surface area contributed by atoms with E-state index >= 15 is 0 Å². The van der Waals surface area contributed by atoms with E-state index in [1.807, 2.05) is 14.1 Å². The molecule has 0 unspecified atom stereocenters. The van der Waals surface area contributed by atoms with Crippen molar-refractivity contribution in [2.75, 3.05) is 33.8 Å². The van der Waals surface area contributed by atoms with E-state index < -0.39 is 0 Å². The highest BCUT2D eigenvalue weighted by Gasteiger charge is 2.07. The number of benzene rings is 1. The molecule has 0 spiro atoms. The number of carbonyl (C=O) groups excluding carboxylic acids is 1. The molecule has 0 radical (unpaired) electrons. The molecule has 0 aliphatic heterocycles. The fourth-order valence-corrected chi connectivity index (χ4v) is 1.90. The lowest BCUT2D eigenvalue weighted by Gasteiger charge is -2.10. The van der Waals surface area contributed by atoms with Crippen molar-refractivity contribution in [2.45, 2.75) is 12.8 Å². The molecule has 1 rings (SSSR count). The maximum Gasteiger partial charge on any atom is 0.251 e. The van der Waals surface area contributed by atoms with E-state index in [0.717, 1.165) is 13.0 Å². The van der Waals surface area contributed by atoms with Crippen molar-refractivity contribution in [1.29, 1.82) is 0 Å². The molecule has 0 fully saturated rings. The normalized spacial score (nSPS) is 10.1. The van der Waals surface area contributed by atoms with Crippen molar-refractivity contribution >= 4 is 17.5 Å². The Kier molecular flexibility index (Phi) is 7.84. The summed E-state index contributed by atoms with van der Waals surface area (Å²) in [4.78, 5) is 14.0. The number of halogens is 1. The lowest BCUT2D eigenvalue weighted by atomic mass is 10.1. The summed E-state index contributed by atoms with van der Waals surface area (Å²) in [5.74, 6) is 5.54. The van der Waals surface area contributed by atoms with Gasteiger partial charge in [0, 0.05) is 24.1 Å². The van der Waals surface area contributed by atoms with Gasteiger partial charge in [0.2, 0.25) is 0 Å². The van der Waals surface area contributed by atoms with Gasteiger partial charge in [0.25, 0.3) is 5.91 Å². The van der Waals surface area contributed by atoms with Crippen LogP contribution in [0, 0.1) is 11.8 Å². The first kappa shape index (κ1) is 17.5. The van der Waals surface area contributed by atoms with Crippen LogP contribution in [0.15, 0.2) is 18.2 Å². The first-order valence-electron chi connectivity index (χ1n) is 6.87. The average molecular weight is 309 g/mol. The van der Waals surface area contributed by atoms with Gasteiger partial charge in [0.05, 0.1) is 11.6 Å². The molecule has 114 valence electrons. The number of aliphatic hydroxyl groups excluding tert-OH is 1. The van der Waals surface area contributed by atoms with Crippen LogP contribution in [0.3, 0.4) is 0 Å². The molecule has 0 saturated carbocycles. The number of carbonyl (C=O) groups is 1. The van der Waals surface area contributed by atoms with E-state index in [9.17, 15) is 4.79 Å². The molecule has 21 heavy (non-hydrogen) atoms. The third-order valence-electron chi connectivity index (χ3n) is 2.76. The zero-order valence-electron chi connectivity index (χ0n) is 12.4. The lowest BCUT2D eigenvalue weighted by Crippen LogP contribution is -2.27. The quantitative estimate of drug-likeness (QED) is 0.622. The van der Waals surface area contributed by atoms with Gasteiger partial charge in [-0.3, -0.25) is 4.79 Å². The molecule has 0 heterocycles. The van der Waals surface area contributed by atoms with Crippen molar-refractivity contribution in [3.63, 3.8) is 0 Å². The molecule has 1 aromatic rings. The number of nitrogens with zero attached hydrogens (tertiary/aromatic N) is 1. The Morgan fingerprint density at radius 3 is 2.81 bits per heavy atom. The Balaban J connectivity index is 2.58. The van der Waals surface area contributed by atoms with Crippen LogP contribution in [-0.4, -0.2) is 49.7 Å². The fourth-order valence-electron chi connectivity index (χ4n) is 1.67. The van der Waals surface area contributed by atoms with Crippen LogP contribution in [-0.2, 0) is 0 Å². The number of hydrogen-bond donors (Lipinski definition) is 2. The van der Waals surface area contributed by atoms with Crippen LogP contribution < -0.4 is 5.32 Å². The number of nitrogens with one attached hydrogen (secondary N) is 1. The minimum atomic E-state index is -0.134. The Morgan fingerprint density at radius 1 is 1.43 bits per heavy atom. The second kappa shape index (κ2) is 9.41. The van der Waals surface area contributed by atoms with Crippen LogP contribution in [0.5, 0.6) is 0 Å². The van der Waals surface area contributed by atoms with Crippen molar-refractivity contribution in [3.05, 3.63) is 34.3 Å². The van der Waals surface area contributed by atoms with Gasteiger partial charge >= 0.3 is 0 Å². The zero-order chi connectivity index (χ0) is 15.7. The van der Waals surface area contributed by atoms with Crippen LogP contribution in [0.1, 0.15) is 28.8 Å². The van der Waals surface area contributed by atoms with Gasteiger partial charge in [-0.05, 0) is 45.3 Å². The topological polar surface area (TPSA) is 52.6 Å². The van der Waals surface area contributed by atoms with Gasteiger partial charge in [0.1, 0.15) is 0 Å². The summed E-state index contributed by atoms with van der Waals surface area (Å²) < 4.78 is 0. The first-order valence-corrected chi connectivity index (χ1v) is 7.24. The summed E-state index contributed by atoms with van der Waals surface area (Å²) in [5.41, 5.74) is 1.19. The highest BCUT2D eigenvalue weighted by atomic mass is 35.5. The van der Waals surface area contributed by atoms with Gasteiger partial charge in [-0.25, -0.2) is 0 Å². The second-order valence-corrected chi connectivity index (χ2v) is 5.29. The van der Waals surface area contributed by atoms with Crippen molar-refractivity contribution in [2.24, 2.45) is 0 Å². The third kappa shape index (κ3) is 6.63. The molecule has 0 bridgehead atoms. The monoisotopic (exact) mass is 308 g/mol. The van der Waals surface area contributed by atoms with Gasteiger partial charge in [-0.1, -0.05) is 23.4 Å². The van der Waals surface area contributed by atoms with Crippen LogP contribution >= 0.6 is 11.6 Å². The van der Waals surface area contributed by atoms with Gasteiger partial charge in [0.15, 0.2) is 0 Å². The molecule has 0 atom stereocenters. The van der Waals surface area contributed by atoms with Gasteiger partial charge < -0.3 is 15.3 Å². The second-order valence-electron chi connectivity index (χ2n) is 4.88. The Hall–Kier alpha value is -1.54. The predicted molar refractivity (Wildman–Crippen MR) is 85.5 cm³/mol. The average Bonchev–Trinajstić information content (AvgIpc) is 2.45.